The Labute approximate surface area is 105 Å². The van der Waals surface area contributed by atoms with E-state index in [1.807, 2.05) is 7.11 Å². The van der Waals surface area contributed by atoms with E-state index in [1.54, 1.807) is 6.42 Å². The normalized spacial score (nSPS) is 63.9. The molecule has 17 heavy (non-hydrogen) atoms. The second-order valence-corrected chi connectivity index (χ2v) is 7.89. The Hall–Kier alpha value is -0.0400. The second-order valence-electron chi connectivity index (χ2n) is 7.89. The number of rotatable bonds is 3. The molecule has 0 N–H and O–H groups in total. The Morgan fingerprint density at radius 3 is 2.71 bits per heavy atom. The summed E-state index contributed by atoms with van der Waals surface area (Å²) in [5, 5.41) is 0. The summed E-state index contributed by atoms with van der Waals surface area (Å²) < 4.78 is 5.41. The predicted molar refractivity (Wildman–Crippen MR) is 68.6 cm³/mol. The molecule has 96 valence electrons. The molecule has 5 rings (SSSR count). The van der Waals surface area contributed by atoms with Gasteiger partial charge in [0, 0.05) is 13.7 Å². The molecule has 8 unspecified atom stereocenters. The van der Waals surface area contributed by atoms with Crippen LogP contribution in [0, 0.1) is 46.3 Å². The summed E-state index contributed by atoms with van der Waals surface area (Å²) >= 11 is 0. The minimum Gasteiger partial charge on any atom is -0.384 e. The first-order valence-corrected chi connectivity index (χ1v) is 7.54. The van der Waals surface area contributed by atoms with Crippen molar-refractivity contribution in [2.24, 2.45) is 46.3 Å². The predicted octanol–water partition coefficient (Wildman–Crippen LogP) is 3.59. The zero-order chi connectivity index (χ0) is 12.0. The molecule has 0 spiro atoms. The molecule has 0 saturated heterocycles. The smallest absolute Gasteiger partial charge is 0.0490 e. The van der Waals surface area contributed by atoms with Crippen LogP contribution in [0.25, 0.3) is 0 Å². The zero-order valence-electron chi connectivity index (χ0n) is 11.7. The summed E-state index contributed by atoms with van der Waals surface area (Å²) in [7, 11) is 1.86. The lowest BCUT2D eigenvalue weighted by Gasteiger charge is -2.44. The largest absolute Gasteiger partial charge is 0.384 e. The van der Waals surface area contributed by atoms with Crippen LogP contribution in [0.3, 0.4) is 0 Å². The highest BCUT2D eigenvalue weighted by molar-refractivity contribution is 5.33. The van der Waals surface area contributed by atoms with Crippen LogP contribution in [0.5, 0.6) is 0 Å². The summed E-state index contributed by atoms with van der Waals surface area (Å²) in [5.41, 5.74) is 1.47. The maximum Gasteiger partial charge on any atom is 0.0490 e. The van der Waals surface area contributed by atoms with Crippen molar-refractivity contribution in [1.82, 2.24) is 0 Å². The zero-order valence-corrected chi connectivity index (χ0v) is 11.7. The highest BCUT2D eigenvalue weighted by atomic mass is 16.5. The summed E-state index contributed by atoms with van der Waals surface area (Å²) in [6.07, 6.45) is 4.54. The number of methoxy groups -OCH3 is 1. The molecular weight excluding hydrogens is 208 g/mol. The van der Waals surface area contributed by atoms with Crippen LogP contribution >= 0.6 is 0 Å². The molecule has 1 heteroatoms. The van der Waals surface area contributed by atoms with Gasteiger partial charge in [-0.3, -0.25) is 0 Å². The molecule has 0 aromatic rings. The van der Waals surface area contributed by atoms with E-state index >= 15 is 0 Å². The Morgan fingerprint density at radius 2 is 2.06 bits per heavy atom. The molecule has 5 aliphatic rings. The third kappa shape index (κ3) is 0.926. The van der Waals surface area contributed by atoms with Gasteiger partial charge >= 0.3 is 0 Å². The molecule has 0 aromatic heterocycles. The van der Waals surface area contributed by atoms with Crippen LogP contribution in [0.15, 0.2) is 0 Å². The summed E-state index contributed by atoms with van der Waals surface area (Å²) in [6.45, 7) is 8.63. The van der Waals surface area contributed by atoms with E-state index in [0.29, 0.717) is 0 Å². The molecule has 6 bridgehead atoms. The lowest BCUT2D eigenvalue weighted by molar-refractivity contribution is 0.0221. The minimum atomic E-state index is 0.719. The molecular formula is C16H26O. The fourth-order valence-electron chi connectivity index (χ4n) is 7.00. The van der Waals surface area contributed by atoms with Crippen LogP contribution < -0.4 is 0 Å². The van der Waals surface area contributed by atoms with Crippen LogP contribution in [0.4, 0.5) is 0 Å². The fraction of sp³-hybridized carbons (Fsp3) is 1.00. The van der Waals surface area contributed by atoms with Crippen LogP contribution in [0.1, 0.15) is 40.0 Å². The van der Waals surface area contributed by atoms with Gasteiger partial charge < -0.3 is 4.74 Å². The first kappa shape index (κ1) is 10.8. The Morgan fingerprint density at radius 1 is 1.29 bits per heavy atom. The van der Waals surface area contributed by atoms with Crippen molar-refractivity contribution in [2.75, 3.05) is 13.7 Å². The van der Waals surface area contributed by atoms with Crippen LogP contribution in [-0.4, -0.2) is 13.7 Å². The fourth-order valence-corrected chi connectivity index (χ4v) is 7.00. The molecule has 5 fully saturated rings. The van der Waals surface area contributed by atoms with Gasteiger partial charge in [0.25, 0.3) is 0 Å². The lowest BCUT2D eigenvalue weighted by atomic mass is 9.61. The first-order valence-electron chi connectivity index (χ1n) is 7.54. The summed E-state index contributed by atoms with van der Waals surface area (Å²) in [4.78, 5) is 0. The van der Waals surface area contributed by atoms with Gasteiger partial charge in [-0.05, 0) is 65.6 Å². The van der Waals surface area contributed by atoms with Crippen molar-refractivity contribution in [3.05, 3.63) is 0 Å². The van der Waals surface area contributed by atoms with Crippen molar-refractivity contribution in [1.29, 1.82) is 0 Å². The van der Waals surface area contributed by atoms with Gasteiger partial charge in [-0.15, -0.1) is 0 Å². The molecule has 5 saturated carbocycles. The minimum absolute atomic E-state index is 0.719. The van der Waals surface area contributed by atoms with Crippen molar-refractivity contribution < 1.29 is 4.74 Å². The van der Waals surface area contributed by atoms with Crippen molar-refractivity contribution in [3.63, 3.8) is 0 Å². The van der Waals surface area contributed by atoms with Crippen molar-refractivity contribution in [2.45, 2.75) is 40.0 Å². The Bertz CT molecular complexity index is 365. The van der Waals surface area contributed by atoms with E-state index in [4.69, 9.17) is 4.74 Å². The average molecular weight is 234 g/mol. The first-order chi connectivity index (χ1) is 8.05. The third-order valence-corrected chi connectivity index (χ3v) is 7.88. The summed E-state index contributed by atoms with van der Waals surface area (Å²) in [6, 6.07) is 0. The molecule has 0 amide bonds. The maximum atomic E-state index is 5.41. The SMILES string of the molecule is COCC(C)C1CCC2(C)C3CC4C(C13)C42C. The van der Waals surface area contributed by atoms with E-state index in [-0.39, 0.29) is 0 Å². The van der Waals surface area contributed by atoms with E-state index in [1.165, 1.54) is 12.8 Å². The van der Waals surface area contributed by atoms with Crippen molar-refractivity contribution >= 4 is 0 Å². The van der Waals surface area contributed by atoms with Gasteiger partial charge in [0.2, 0.25) is 0 Å². The Balaban J connectivity index is 1.66. The van der Waals surface area contributed by atoms with E-state index in [9.17, 15) is 0 Å². The highest BCUT2D eigenvalue weighted by Gasteiger charge is 2.86. The standard InChI is InChI=1S/C16H26O/c1-9(8-17-4)10-5-6-15(2)11-7-12-14(13(10)11)16(12,15)3/h9-14H,5-8H2,1-4H3. The average Bonchev–Trinajstić information content (AvgIpc) is 2.58. The molecule has 0 heterocycles. The number of ether oxygens (including phenoxy) is 1. The monoisotopic (exact) mass is 234 g/mol. The third-order valence-electron chi connectivity index (χ3n) is 7.88. The molecule has 5 aliphatic carbocycles. The van der Waals surface area contributed by atoms with Gasteiger partial charge in [-0.1, -0.05) is 20.8 Å². The molecule has 0 radical (unpaired) electrons. The Kier molecular flexibility index (Phi) is 1.86. The molecule has 8 atom stereocenters. The van der Waals surface area contributed by atoms with Crippen molar-refractivity contribution in [3.8, 4) is 0 Å². The van der Waals surface area contributed by atoms with Gasteiger partial charge in [-0.25, -0.2) is 0 Å². The van der Waals surface area contributed by atoms with Gasteiger partial charge in [0.15, 0.2) is 0 Å². The van der Waals surface area contributed by atoms with E-state index in [0.717, 1.165) is 52.9 Å². The second kappa shape index (κ2) is 2.92. The highest BCUT2D eigenvalue weighted by Crippen LogP contribution is 2.91. The molecule has 1 nitrogen and oxygen atoms in total. The maximum absolute atomic E-state index is 5.41. The van der Waals surface area contributed by atoms with Gasteiger partial charge in [-0.2, -0.15) is 0 Å². The number of hydrogen-bond donors (Lipinski definition) is 0. The summed E-state index contributed by atoms with van der Waals surface area (Å²) in [5.74, 6) is 6.09. The topological polar surface area (TPSA) is 9.23 Å². The van der Waals surface area contributed by atoms with Crippen LogP contribution in [-0.2, 0) is 4.74 Å². The molecule has 0 aromatic carbocycles. The van der Waals surface area contributed by atoms with Crippen LogP contribution in [0.2, 0.25) is 0 Å². The van der Waals surface area contributed by atoms with E-state index in [2.05, 4.69) is 20.8 Å². The number of hydrogen-bond acceptors (Lipinski definition) is 1. The molecule has 0 aliphatic heterocycles. The lowest BCUT2D eigenvalue weighted by Crippen LogP contribution is -2.38. The van der Waals surface area contributed by atoms with Gasteiger partial charge in [0.05, 0.1) is 0 Å². The quantitative estimate of drug-likeness (QED) is 0.725. The van der Waals surface area contributed by atoms with Gasteiger partial charge in [0.1, 0.15) is 0 Å². The van der Waals surface area contributed by atoms with E-state index < -0.39 is 0 Å².